The quantitative estimate of drug-likeness (QED) is 0.639. The molecule has 1 amide bonds. The first-order valence-electron chi connectivity index (χ1n) is 9.96. The van der Waals surface area contributed by atoms with Crippen molar-refractivity contribution in [2.45, 2.75) is 13.5 Å². The van der Waals surface area contributed by atoms with Crippen molar-refractivity contribution < 1.29 is 14.3 Å². The maximum Gasteiger partial charge on any atom is 0.246 e. The highest BCUT2D eigenvalue weighted by Gasteiger charge is 2.20. The van der Waals surface area contributed by atoms with E-state index in [1.165, 1.54) is 6.92 Å². The highest BCUT2D eigenvalue weighted by molar-refractivity contribution is 5.97. The molecule has 1 fully saturated rings. The van der Waals surface area contributed by atoms with Crippen LogP contribution in [-0.2, 0) is 16.1 Å². The Hall–Kier alpha value is -3.45. The molecule has 1 aliphatic heterocycles. The molecule has 0 saturated carbocycles. The van der Waals surface area contributed by atoms with E-state index in [0.717, 1.165) is 30.0 Å². The van der Waals surface area contributed by atoms with Crippen molar-refractivity contribution >= 4 is 23.2 Å². The molecule has 0 aliphatic carbocycles. The number of anilines is 2. The summed E-state index contributed by atoms with van der Waals surface area (Å²) in [5.74, 6) is 0.614. The minimum Gasteiger partial charge on any atom is -0.378 e. The summed E-state index contributed by atoms with van der Waals surface area (Å²) in [5, 5.41) is 7.56. The molecule has 4 rings (SSSR count). The fourth-order valence-corrected chi connectivity index (χ4v) is 3.49. The maximum absolute atomic E-state index is 12.6. The lowest BCUT2D eigenvalue weighted by Crippen LogP contribution is -2.36. The first-order valence-corrected chi connectivity index (χ1v) is 9.96. The van der Waals surface area contributed by atoms with Gasteiger partial charge in [-0.15, -0.1) is 0 Å². The Balaban J connectivity index is 1.55. The molecule has 1 aromatic heterocycles. The topological polar surface area (TPSA) is 76.5 Å². The second-order valence-electron chi connectivity index (χ2n) is 7.21. The number of hydrogen-bond acceptors (Lipinski definition) is 5. The smallest absolute Gasteiger partial charge is 0.246 e. The van der Waals surface area contributed by atoms with Crippen LogP contribution in [0.4, 0.5) is 11.5 Å². The molecule has 0 unspecified atom stereocenters. The maximum atomic E-state index is 12.6. The minimum absolute atomic E-state index is 0.0409. The number of carbonyl (C=O) groups is 2. The standard InChI is InChI=1S/C23H24N4O3/c1-17(28)19-8-5-9-20(14-19)24-22(29)16-27-15-21(18-6-3-2-4-7-18)23(25-27)26-10-12-30-13-11-26/h2-9,14-15H,10-13,16H2,1H3,(H,24,29). The molecular formula is C23H24N4O3. The number of nitrogens with zero attached hydrogens (tertiary/aromatic N) is 3. The molecule has 1 saturated heterocycles. The summed E-state index contributed by atoms with van der Waals surface area (Å²) in [4.78, 5) is 26.4. The predicted molar refractivity (Wildman–Crippen MR) is 116 cm³/mol. The molecule has 0 bridgehead atoms. The minimum atomic E-state index is -0.202. The van der Waals surface area contributed by atoms with Crippen LogP contribution in [0.1, 0.15) is 17.3 Å². The second-order valence-corrected chi connectivity index (χ2v) is 7.21. The lowest BCUT2D eigenvalue weighted by atomic mass is 10.1. The van der Waals surface area contributed by atoms with Gasteiger partial charge in [-0.1, -0.05) is 42.5 Å². The molecule has 7 nitrogen and oxygen atoms in total. The lowest BCUT2D eigenvalue weighted by molar-refractivity contribution is -0.116. The van der Waals surface area contributed by atoms with E-state index in [1.807, 2.05) is 36.5 Å². The van der Waals surface area contributed by atoms with Gasteiger partial charge in [-0.05, 0) is 24.6 Å². The number of benzene rings is 2. The molecular weight excluding hydrogens is 380 g/mol. The Bertz CT molecular complexity index is 1040. The van der Waals surface area contributed by atoms with Crippen molar-refractivity contribution in [3.63, 3.8) is 0 Å². The number of ketones is 1. The number of amides is 1. The van der Waals surface area contributed by atoms with E-state index in [0.29, 0.717) is 24.5 Å². The summed E-state index contributed by atoms with van der Waals surface area (Å²) in [6.07, 6.45) is 1.91. The SMILES string of the molecule is CC(=O)c1cccc(NC(=O)Cn2cc(-c3ccccc3)c(N3CCOCC3)n2)c1. The van der Waals surface area contributed by atoms with Crippen molar-refractivity contribution in [3.05, 3.63) is 66.4 Å². The van der Waals surface area contributed by atoms with Gasteiger partial charge in [0.2, 0.25) is 5.91 Å². The predicted octanol–water partition coefficient (Wildman–Crippen LogP) is 3.23. The van der Waals surface area contributed by atoms with Gasteiger partial charge in [-0.25, -0.2) is 0 Å². The molecule has 30 heavy (non-hydrogen) atoms. The van der Waals surface area contributed by atoms with Crippen LogP contribution >= 0.6 is 0 Å². The van der Waals surface area contributed by atoms with Crippen LogP contribution in [-0.4, -0.2) is 47.8 Å². The Kier molecular flexibility index (Phi) is 5.90. The molecule has 3 aromatic rings. The Morgan fingerprint density at radius 2 is 1.83 bits per heavy atom. The fourth-order valence-electron chi connectivity index (χ4n) is 3.49. The average molecular weight is 404 g/mol. The molecule has 7 heteroatoms. The number of morpholine rings is 1. The van der Waals surface area contributed by atoms with E-state index in [2.05, 4.69) is 10.2 Å². The third-order valence-corrected chi connectivity index (χ3v) is 5.00. The third kappa shape index (κ3) is 4.58. The Labute approximate surface area is 175 Å². The number of aromatic nitrogens is 2. The second kappa shape index (κ2) is 8.92. The molecule has 1 N–H and O–H groups in total. The average Bonchev–Trinajstić information content (AvgIpc) is 3.18. The largest absolute Gasteiger partial charge is 0.378 e. The van der Waals surface area contributed by atoms with Crippen LogP contribution in [0.2, 0.25) is 0 Å². The summed E-state index contributed by atoms with van der Waals surface area (Å²) in [5.41, 5.74) is 3.20. The van der Waals surface area contributed by atoms with Crippen molar-refractivity contribution in [2.24, 2.45) is 0 Å². The van der Waals surface area contributed by atoms with Crippen molar-refractivity contribution in [1.29, 1.82) is 0 Å². The number of ether oxygens (including phenoxy) is 1. The van der Waals surface area contributed by atoms with E-state index in [-0.39, 0.29) is 18.2 Å². The number of rotatable bonds is 6. The number of nitrogens with one attached hydrogen (secondary N) is 1. The van der Waals surface area contributed by atoms with Gasteiger partial charge >= 0.3 is 0 Å². The van der Waals surface area contributed by atoms with Gasteiger partial charge in [0.05, 0.1) is 13.2 Å². The molecule has 0 atom stereocenters. The van der Waals surface area contributed by atoms with E-state index in [4.69, 9.17) is 9.84 Å². The highest BCUT2D eigenvalue weighted by Crippen LogP contribution is 2.30. The van der Waals surface area contributed by atoms with Crippen LogP contribution in [0.5, 0.6) is 0 Å². The van der Waals surface area contributed by atoms with E-state index in [9.17, 15) is 9.59 Å². The first-order chi connectivity index (χ1) is 14.6. The molecule has 0 spiro atoms. The molecule has 2 heterocycles. The first kappa shape index (κ1) is 19.8. The summed E-state index contributed by atoms with van der Waals surface area (Å²) < 4.78 is 7.13. The number of carbonyl (C=O) groups excluding carboxylic acids is 2. The molecule has 1 aliphatic rings. The zero-order chi connectivity index (χ0) is 20.9. The van der Waals surface area contributed by atoms with E-state index in [1.54, 1.807) is 28.9 Å². The van der Waals surface area contributed by atoms with E-state index >= 15 is 0 Å². The Morgan fingerprint density at radius 3 is 2.57 bits per heavy atom. The van der Waals surface area contributed by atoms with Gasteiger partial charge in [0, 0.05) is 36.1 Å². The highest BCUT2D eigenvalue weighted by atomic mass is 16.5. The van der Waals surface area contributed by atoms with Crippen molar-refractivity contribution in [1.82, 2.24) is 9.78 Å². The van der Waals surface area contributed by atoms with Crippen LogP contribution in [0.3, 0.4) is 0 Å². The number of hydrogen-bond donors (Lipinski definition) is 1. The fraction of sp³-hybridized carbons (Fsp3) is 0.261. The van der Waals surface area contributed by atoms with E-state index < -0.39 is 0 Å². The zero-order valence-corrected chi connectivity index (χ0v) is 16.9. The molecule has 2 aromatic carbocycles. The molecule has 154 valence electrons. The van der Waals surface area contributed by atoms with Crippen LogP contribution in [0.25, 0.3) is 11.1 Å². The van der Waals surface area contributed by atoms with Gasteiger partial charge < -0.3 is 15.0 Å². The monoisotopic (exact) mass is 404 g/mol. The van der Waals surface area contributed by atoms with Gasteiger partial charge in [0.25, 0.3) is 0 Å². The summed E-state index contributed by atoms with van der Waals surface area (Å²) in [6.45, 7) is 4.43. The lowest BCUT2D eigenvalue weighted by Gasteiger charge is -2.27. The zero-order valence-electron chi connectivity index (χ0n) is 16.9. The van der Waals surface area contributed by atoms with Gasteiger partial charge in [-0.2, -0.15) is 5.10 Å². The normalized spacial score (nSPS) is 13.8. The van der Waals surface area contributed by atoms with Crippen LogP contribution < -0.4 is 10.2 Å². The summed E-state index contributed by atoms with van der Waals surface area (Å²) >= 11 is 0. The summed E-state index contributed by atoms with van der Waals surface area (Å²) in [6, 6.07) is 17.0. The molecule has 0 radical (unpaired) electrons. The number of Topliss-reactive ketones (excluding diaryl/α,β-unsaturated/α-hetero) is 1. The van der Waals surface area contributed by atoms with Gasteiger partial charge in [0.15, 0.2) is 11.6 Å². The van der Waals surface area contributed by atoms with Crippen LogP contribution in [0, 0.1) is 0 Å². The van der Waals surface area contributed by atoms with Crippen molar-refractivity contribution in [3.8, 4) is 11.1 Å². The van der Waals surface area contributed by atoms with Crippen molar-refractivity contribution in [2.75, 3.05) is 36.5 Å². The van der Waals surface area contributed by atoms with Gasteiger partial charge in [0.1, 0.15) is 6.54 Å². The van der Waals surface area contributed by atoms with Crippen LogP contribution in [0.15, 0.2) is 60.8 Å². The van der Waals surface area contributed by atoms with Gasteiger partial charge in [-0.3, -0.25) is 14.3 Å². The Morgan fingerprint density at radius 1 is 1.07 bits per heavy atom. The summed E-state index contributed by atoms with van der Waals surface area (Å²) in [7, 11) is 0. The third-order valence-electron chi connectivity index (χ3n) is 5.00.